The Hall–Kier alpha value is -3.57. The number of aliphatic imine (C=N–C) groups is 1. The summed E-state index contributed by atoms with van der Waals surface area (Å²) in [7, 11) is 4.02. The lowest BCUT2D eigenvalue weighted by Gasteiger charge is -2.26. The molecule has 1 aromatic heterocycles. The topological polar surface area (TPSA) is 54.9 Å². The molecular formula is C29H32N4O. The van der Waals surface area contributed by atoms with Crippen LogP contribution in [0.2, 0.25) is 0 Å². The molecule has 174 valence electrons. The number of aromatic amines is 1. The summed E-state index contributed by atoms with van der Waals surface area (Å²) in [5, 5.41) is 11.9. The number of nitrogens with zero attached hydrogens (tertiary/aromatic N) is 3. The maximum Gasteiger partial charge on any atom is 0.199 e. The first-order valence-corrected chi connectivity index (χ1v) is 12.1. The Kier molecular flexibility index (Phi) is 6.37. The van der Waals surface area contributed by atoms with Crippen LogP contribution in [0.25, 0.3) is 10.9 Å². The summed E-state index contributed by atoms with van der Waals surface area (Å²) in [6, 6.07) is 24.8. The third kappa shape index (κ3) is 4.70. The third-order valence-corrected chi connectivity index (χ3v) is 6.59. The van der Waals surface area contributed by atoms with Gasteiger partial charge in [0.25, 0.3) is 0 Å². The van der Waals surface area contributed by atoms with Gasteiger partial charge in [-0.25, -0.2) is 4.99 Å². The van der Waals surface area contributed by atoms with Crippen molar-refractivity contribution < 1.29 is 5.11 Å². The predicted octanol–water partition coefficient (Wildman–Crippen LogP) is 6.09. The van der Waals surface area contributed by atoms with Gasteiger partial charge < -0.3 is 15.0 Å². The van der Waals surface area contributed by atoms with Crippen LogP contribution in [0.3, 0.4) is 0 Å². The summed E-state index contributed by atoms with van der Waals surface area (Å²) in [6.45, 7) is 3.37. The third-order valence-electron chi connectivity index (χ3n) is 6.59. The van der Waals surface area contributed by atoms with Crippen molar-refractivity contribution in [2.45, 2.75) is 25.8 Å². The van der Waals surface area contributed by atoms with Gasteiger partial charge in [-0.3, -0.25) is 4.90 Å². The second kappa shape index (κ2) is 9.74. The monoisotopic (exact) mass is 452 g/mol. The summed E-state index contributed by atoms with van der Waals surface area (Å²) < 4.78 is 0. The zero-order valence-electron chi connectivity index (χ0n) is 20.0. The van der Waals surface area contributed by atoms with E-state index in [1.807, 2.05) is 44.4 Å². The molecule has 5 nitrogen and oxygen atoms in total. The number of aromatic nitrogens is 1. The van der Waals surface area contributed by atoms with Crippen LogP contribution in [-0.4, -0.2) is 47.9 Å². The Bertz CT molecular complexity index is 1280. The molecule has 2 heterocycles. The van der Waals surface area contributed by atoms with Gasteiger partial charge in [-0.1, -0.05) is 48.9 Å². The fourth-order valence-electron chi connectivity index (χ4n) is 4.73. The van der Waals surface area contributed by atoms with Crippen molar-refractivity contribution in [3.63, 3.8) is 0 Å². The molecule has 1 saturated heterocycles. The predicted molar refractivity (Wildman–Crippen MR) is 142 cm³/mol. The minimum atomic E-state index is 0.134. The molecule has 0 aliphatic carbocycles. The van der Waals surface area contributed by atoms with Crippen molar-refractivity contribution in [1.29, 1.82) is 0 Å². The van der Waals surface area contributed by atoms with Crippen LogP contribution in [0.4, 0.5) is 11.4 Å². The second-order valence-corrected chi connectivity index (χ2v) is 9.30. The second-order valence-electron chi connectivity index (χ2n) is 9.30. The van der Waals surface area contributed by atoms with E-state index in [-0.39, 0.29) is 5.88 Å². The lowest BCUT2D eigenvalue weighted by molar-refractivity contribution is 0.221. The van der Waals surface area contributed by atoms with Gasteiger partial charge in [-0.05, 0) is 61.8 Å². The van der Waals surface area contributed by atoms with Gasteiger partial charge in [0, 0.05) is 37.3 Å². The Morgan fingerprint density at radius 1 is 0.941 bits per heavy atom. The van der Waals surface area contributed by atoms with Crippen LogP contribution in [0.15, 0.2) is 77.8 Å². The SMILES string of the molecule is CN(C)c1ccc2c(C(=Nc3ccc(CN4CCCCC4)cc3)c3ccccc3)c(O)[nH]c2c1. The lowest BCUT2D eigenvalue weighted by Crippen LogP contribution is -2.28. The molecule has 2 N–H and O–H groups in total. The first kappa shape index (κ1) is 22.2. The van der Waals surface area contributed by atoms with Crippen molar-refractivity contribution in [1.82, 2.24) is 9.88 Å². The van der Waals surface area contributed by atoms with Gasteiger partial charge >= 0.3 is 0 Å². The minimum absolute atomic E-state index is 0.134. The molecular weight excluding hydrogens is 420 g/mol. The number of benzene rings is 3. The molecule has 1 aliphatic heterocycles. The molecule has 0 amide bonds. The first-order valence-electron chi connectivity index (χ1n) is 12.1. The largest absolute Gasteiger partial charge is 0.494 e. The molecule has 0 spiro atoms. The Morgan fingerprint density at radius 3 is 2.38 bits per heavy atom. The molecule has 1 fully saturated rings. The Labute approximate surface area is 201 Å². The van der Waals surface area contributed by atoms with Crippen molar-refractivity contribution in [3.8, 4) is 5.88 Å². The number of hydrogen-bond acceptors (Lipinski definition) is 4. The van der Waals surface area contributed by atoms with Crippen molar-refractivity contribution in [2.75, 3.05) is 32.1 Å². The molecule has 0 atom stereocenters. The highest BCUT2D eigenvalue weighted by molar-refractivity contribution is 6.22. The van der Waals surface area contributed by atoms with Crippen molar-refractivity contribution >= 4 is 28.0 Å². The van der Waals surface area contributed by atoms with E-state index < -0.39 is 0 Å². The van der Waals surface area contributed by atoms with E-state index in [4.69, 9.17) is 4.99 Å². The average Bonchev–Trinajstić information content (AvgIpc) is 3.19. The van der Waals surface area contributed by atoms with E-state index in [1.165, 1.54) is 37.9 Å². The number of aromatic hydroxyl groups is 1. The standard InChI is InChI=1S/C29H32N4O/c1-32(2)24-15-16-25-26(19-24)31-29(34)27(25)28(22-9-5-3-6-10-22)30-23-13-11-21(12-14-23)20-33-17-7-4-8-18-33/h3,5-6,9-16,19,31,34H,4,7-8,17-18,20H2,1-2H3. The van der Waals surface area contributed by atoms with Crippen LogP contribution >= 0.6 is 0 Å². The van der Waals surface area contributed by atoms with Crippen molar-refractivity contribution in [2.24, 2.45) is 4.99 Å². The number of H-pyrrole nitrogens is 1. The average molecular weight is 453 g/mol. The van der Waals surface area contributed by atoms with E-state index >= 15 is 0 Å². The zero-order chi connectivity index (χ0) is 23.5. The maximum atomic E-state index is 10.9. The van der Waals surface area contributed by atoms with Crippen LogP contribution < -0.4 is 4.90 Å². The Morgan fingerprint density at radius 2 is 1.68 bits per heavy atom. The molecule has 5 heteroatoms. The number of hydrogen-bond donors (Lipinski definition) is 2. The van der Waals surface area contributed by atoms with Crippen LogP contribution in [0, 0.1) is 0 Å². The van der Waals surface area contributed by atoms with Gasteiger partial charge in [-0.15, -0.1) is 0 Å². The summed E-state index contributed by atoms with van der Waals surface area (Å²) in [6.07, 6.45) is 3.95. The number of fused-ring (bicyclic) bond motifs is 1. The quantitative estimate of drug-likeness (QED) is 0.348. The highest BCUT2D eigenvalue weighted by Crippen LogP contribution is 2.33. The molecule has 5 rings (SSSR count). The van der Waals surface area contributed by atoms with Crippen LogP contribution in [-0.2, 0) is 6.54 Å². The van der Waals surface area contributed by atoms with E-state index in [2.05, 4.69) is 57.2 Å². The fourth-order valence-corrected chi connectivity index (χ4v) is 4.73. The fraction of sp³-hybridized carbons (Fsp3) is 0.276. The smallest absolute Gasteiger partial charge is 0.199 e. The number of nitrogens with one attached hydrogen (secondary N) is 1. The number of anilines is 1. The summed E-state index contributed by atoms with van der Waals surface area (Å²) in [4.78, 5) is 12.8. The normalized spacial score (nSPS) is 15.1. The first-order chi connectivity index (χ1) is 16.6. The van der Waals surface area contributed by atoms with E-state index in [0.29, 0.717) is 0 Å². The van der Waals surface area contributed by atoms with Gasteiger partial charge in [0.1, 0.15) is 0 Å². The van der Waals surface area contributed by atoms with Crippen LogP contribution in [0.1, 0.15) is 36.0 Å². The van der Waals surface area contributed by atoms with Gasteiger partial charge in [0.15, 0.2) is 5.88 Å². The minimum Gasteiger partial charge on any atom is -0.494 e. The van der Waals surface area contributed by atoms with Gasteiger partial charge in [0.05, 0.1) is 22.5 Å². The van der Waals surface area contributed by atoms with Crippen LogP contribution in [0.5, 0.6) is 5.88 Å². The zero-order valence-corrected chi connectivity index (χ0v) is 20.0. The molecule has 3 aromatic carbocycles. The van der Waals surface area contributed by atoms with Crippen molar-refractivity contribution in [3.05, 3.63) is 89.5 Å². The van der Waals surface area contributed by atoms with Gasteiger partial charge in [0.2, 0.25) is 0 Å². The molecule has 0 bridgehead atoms. The van der Waals surface area contributed by atoms with E-state index in [1.54, 1.807) is 0 Å². The molecule has 0 unspecified atom stereocenters. The summed E-state index contributed by atoms with van der Waals surface area (Å²) >= 11 is 0. The summed E-state index contributed by atoms with van der Waals surface area (Å²) in [5.74, 6) is 0.134. The molecule has 0 saturated carbocycles. The van der Waals surface area contributed by atoms with Gasteiger partial charge in [-0.2, -0.15) is 0 Å². The number of piperidine rings is 1. The Balaban J connectivity index is 1.53. The van der Waals surface area contributed by atoms with E-state index in [9.17, 15) is 5.11 Å². The highest BCUT2D eigenvalue weighted by Gasteiger charge is 2.19. The molecule has 0 radical (unpaired) electrons. The lowest BCUT2D eigenvalue weighted by atomic mass is 10.0. The van der Waals surface area contributed by atoms with E-state index in [0.717, 1.165) is 45.7 Å². The summed E-state index contributed by atoms with van der Waals surface area (Å²) in [5.41, 5.74) is 6.59. The number of likely N-dealkylation sites (tertiary alicyclic amines) is 1. The maximum absolute atomic E-state index is 10.9. The molecule has 34 heavy (non-hydrogen) atoms. The highest BCUT2D eigenvalue weighted by atomic mass is 16.3. The molecule has 4 aromatic rings. The molecule has 1 aliphatic rings. The number of rotatable bonds is 6.